The number of carbonyl (C=O) groups is 1. The summed E-state index contributed by atoms with van der Waals surface area (Å²) in [6.07, 6.45) is 3.47. The van der Waals surface area contributed by atoms with Gasteiger partial charge in [0, 0.05) is 10.6 Å². The predicted molar refractivity (Wildman–Crippen MR) is 69.4 cm³/mol. The van der Waals surface area contributed by atoms with Gasteiger partial charge in [0.1, 0.15) is 12.4 Å². The van der Waals surface area contributed by atoms with Crippen molar-refractivity contribution in [2.24, 2.45) is 0 Å². The van der Waals surface area contributed by atoms with Crippen LogP contribution in [-0.2, 0) is 15.1 Å². The molecule has 1 saturated carbocycles. The molecule has 3 rings (SSSR count). The molecule has 1 N–H and O–H groups in total. The van der Waals surface area contributed by atoms with Gasteiger partial charge in [-0.3, -0.25) is 4.79 Å². The molecular formula is C14H15ClFNO2. The predicted octanol–water partition coefficient (Wildman–Crippen LogP) is 2.76. The lowest BCUT2D eigenvalue weighted by Crippen LogP contribution is -2.61. The van der Waals surface area contributed by atoms with Gasteiger partial charge in [-0.25, -0.2) is 4.39 Å². The van der Waals surface area contributed by atoms with Crippen LogP contribution in [0.4, 0.5) is 4.39 Å². The minimum absolute atomic E-state index is 0.0688. The molecule has 0 aromatic heterocycles. The average molecular weight is 284 g/mol. The van der Waals surface area contributed by atoms with Crippen molar-refractivity contribution < 1.29 is 13.9 Å². The quantitative estimate of drug-likeness (QED) is 0.861. The van der Waals surface area contributed by atoms with Gasteiger partial charge in [-0.2, -0.15) is 0 Å². The molecule has 1 saturated heterocycles. The summed E-state index contributed by atoms with van der Waals surface area (Å²) in [6, 6.07) is 4.27. The molecule has 1 aliphatic carbocycles. The third kappa shape index (κ3) is 2.13. The molecule has 5 heteroatoms. The molecule has 2 unspecified atom stereocenters. The van der Waals surface area contributed by atoms with Gasteiger partial charge in [0.25, 0.3) is 0 Å². The maximum Gasteiger partial charge on any atom is 0.246 e. The summed E-state index contributed by atoms with van der Waals surface area (Å²) in [7, 11) is 0. The van der Waals surface area contributed by atoms with E-state index in [1.807, 2.05) is 0 Å². The summed E-state index contributed by atoms with van der Waals surface area (Å²) in [4.78, 5) is 11.7. The molecule has 102 valence electrons. The first kappa shape index (κ1) is 12.9. The van der Waals surface area contributed by atoms with Crippen molar-refractivity contribution in [1.82, 2.24) is 5.32 Å². The van der Waals surface area contributed by atoms with Gasteiger partial charge in [-0.05, 0) is 31.0 Å². The summed E-state index contributed by atoms with van der Waals surface area (Å²) in [5.41, 5.74) is -0.0424. The Morgan fingerprint density at radius 2 is 2.26 bits per heavy atom. The first-order chi connectivity index (χ1) is 9.12. The van der Waals surface area contributed by atoms with Crippen molar-refractivity contribution in [2.75, 3.05) is 6.61 Å². The number of fused-ring (bicyclic) bond motifs is 1. The van der Waals surface area contributed by atoms with E-state index in [0.29, 0.717) is 10.6 Å². The SMILES string of the molecule is O=C1COC2CCCCC2(c2cc(F)ccc2Cl)N1. The normalized spacial score (nSPS) is 30.6. The highest BCUT2D eigenvalue weighted by Gasteiger charge is 2.48. The van der Waals surface area contributed by atoms with Crippen LogP contribution in [0.15, 0.2) is 18.2 Å². The Morgan fingerprint density at radius 3 is 3.11 bits per heavy atom. The van der Waals surface area contributed by atoms with Crippen LogP contribution >= 0.6 is 11.6 Å². The van der Waals surface area contributed by atoms with E-state index < -0.39 is 5.54 Å². The second kappa shape index (κ2) is 4.76. The molecule has 0 radical (unpaired) electrons. The highest BCUT2D eigenvalue weighted by Crippen LogP contribution is 2.43. The van der Waals surface area contributed by atoms with Gasteiger partial charge in [0.2, 0.25) is 5.91 Å². The van der Waals surface area contributed by atoms with Gasteiger partial charge in [-0.15, -0.1) is 0 Å². The monoisotopic (exact) mass is 283 g/mol. The zero-order valence-electron chi connectivity index (χ0n) is 10.4. The number of hydrogen-bond donors (Lipinski definition) is 1. The number of ether oxygens (including phenoxy) is 1. The molecule has 1 aromatic carbocycles. The Morgan fingerprint density at radius 1 is 1.42 bits per heavy atom. The van der Waals surface area contributed by atoms with Crippen LogP contribution in [-0.4, -0.2) is 18.6 Å². The molecule has 2 aliphatic rings. The zero-order chi connectivity index (χ0) is 13.5. The van der Waals surface area contributed by atoms with Crippen molar-refractivity contribution in [1.29, 1.82) is 0 Å². The van der Waals surface area contributed by atoms with Crippen molar-refractivity contribution in [3.63, 3.8) is 0 Å². The van der Waals surface area contributed by atoms with Gasteiger partial charge in [-0.1, -0.05) is 24.4 Å². The lowest BCUT2D eigenvalue weighted by atomic mass is 9.73. The first-order valence-electron chi connectivity index (χ1n) is 6.50. The number of nitrogens with one attached hydrogen (secondary N) is 1. The summed E-state index contributed by atoms with van der Waals surface area (Å²) in [6.45, 7) is 0.0688. The van der Waals surface area contributed by atoms with Gasteiger partial charge < -0.3 is 10.1 Å². The van der Waals surface area contributed by atoms with Crippen LogP contribution < -0.4 is 5.32 Å². The van der Waals surface area contributed by atoms with Crippen LogP contribution in [0, 0.1) is 5.82 Å². The van der Waals surface area contributed by atoms with Crippen LogP contribution in [0.1, 0.15) is 31.2 Å². The fourth-order valence-electron chi connectivity index (χ4n) is 3.19. The van der Waals surface area contributed by atoms with Crippen LogP contribution in [0.2, 0.25) is 5.02 Å². The number of halogens is 2. The molecule has 1 aliphatic heterocycles. The van der Waals surface area contributed by atoms with Crippen molar-refractivity contribution >= 4 is 17.5 Å². The lowest BCUT2D eigenvalue weighted by molar-refractivity contribution is -0.148. The van der Waals surface area contributed by atoms with E-state index in [1.165, 1.54) is 18.2 Å². The largest absolute Gasteiger partial charge is 0.366 e. The molecule has 2 fully saturated rings. The summed E-state index contributed by atoms with van der Waals surface area (Å²) in [5, 5.41) is 3.47. The second-order valence-corrected chi connectivity index (χ2v) is 5.60. The third-order valence-electron chi connectivity index (χ3n) is 4.02. The van der Waals surface area contributed by atoms with E-state index >= 15 is 0 Å². The lowest BCUT2D eigenvalue weighted by Gasteiger charge is -2.47. The van der Waals surface area contributed by atoms with Crippen LogP contribution in [0.3, 0.4) is 0 Å². The summed E-state index contributed by atoms with van der Waals surface area (Å²) in [5.74, 6) is -0.517. The Labute approximate surface area is 116 Å². The number of rotatable bonds is 1. The van der Waals surface area contributed by atoms with Gasteiger partial charge in [0.15, 0.2) is 0 Å². The van der Waals surface area contributed by atoms with Gasteiger partial charge in [0.05, 0.1) is 11.6 Å². The minimum Gasteiger partial charge on any atom is -0.366 e. The van der Waals surface area contributed by atoms with Crippen LogP contribution in [0.5, 0.6) is 0 Å². The van der Waals surface area contributed by atoms with Crippen LogP contribution in [0.25, 0.3) is 0 Å². The molecule has 0 spiro atoms. The first-order valence-corrected chi connectivity index (χ1v) is 6.88. The highest BCUT2D eigenvalue weighted by atomic mass is 35.5. The fraction of sp³-hybridized carbons (Fsp3) is 0.500. The van der Waals surface area contributed by atoms with E-state index in [1.54, 1.807) is 0 Å². The average Bonchev–Trinajstić information content (AvgIpc) is 2.41. The number of carbonyl (C=O) groups excluding carboxylic acids is 1. The zero-order valence-corrected chi connectivity index (χ0v) is 11.2. The molecule has 1 aromatic rings. The molecule has 3 nitrogen and oxygen atoms in total. The van der Waals surface area contributed by atoms with Crippen molar-refractivity contribution in [3.8, 4) is 0 Å². The smallest absolute Gasteiger partial charge is 0.246 e. The molecule has 1 heterocycles. The molecule has 0 bridgehead atoms. The third-order valence-corrected chi connectivity index (χ3v) is 4.35. The summed E-state index contributed by atoms with van der Waals surface area (Å²) < 4.78 is 19.2. The Kier molecular flexibility index (Phi) is 3.23. The molecule has 1 amide bonds. The van der Waals surface area contributed by atoms with Crippen molar-refractivity contribution in [2.45, 2.75) is 37.3 Å². The number of amides is 1. The maximum absolute atomic E-state index is 13.5. The molecular weight excluding hydrogens is 269 g/mol. The van der Waals surface area contributed by atoms with E-state index in [-0.39, 0.29) is 24.4 Å². The van der Waals surface area contributed by atoms with E-state index in [0.717, 1.165) is 25.7 Å². The Bertz CT molecular complexity index is 522. The standard InChI is InChI=1S/C14H15ClFNO2/c15-11-5-4-9(16)7-10(11)14-6-2-1-3-12(14)19-8-13(18)17-14/h4-5,7,12H,1-3,6,8H2,(H,17,18). The molecule has 19 heavy (non-hydrogen) atoms. The van der Waals surface area contributed by atoms with E-state index in [4.69, 9.17) is 16.3 Å². The topological polar surface area (TPSA) is 38.3 Å². The molecule has 2 atom stereocenters. The van der Waals surface area contributed by atoms with E-state index in [9.17, 15) is 9.18 Å². The second-order valence-electron chi connectivity index (χ2n) is 5.19. The van der Waals surface area contributed by atoms with Gasteiger partial charge >= 0.3 is 0 Å². The summed E-state index contributed by atoms with van der Waals surface area (Å²) >= 11 is 6.22. The number of benzene rings is 1. The van der Waals surface area contributed by atoms with Crippen molar-refractivity contribution in [3.05, 3.63) is 34.6 Å². The Balaban J connectivity index is 2.10. The highest BCUT2D eigenvalue weighted by molar-refractivity contribution is 6.31. The number of hydrogen-bond acceptors (Lipinski definition) is 2. The number of morpholine rings is 1. The maximum atomic E-state index is 13.5. The fourth-order valence-corrected chi connectivity index (χ4v) is 3.47. The minimum atomic E-state index is -0.674. The Hall–Kier alpha value is -1.13. The van der Waals surface area contributed by atoms with E-state index in [2.05, 4.69) is 5.32 Å².